The van der Waals surface area contributed by atoms with E-state index in [-0.39, 0.29) is 11.0 Å². The van der Waals surface area contributed by atoms with Crippen LogP contribution in [0.1, 0.15) is 23.1 Å². The fourth-order valence-corrected chi connectivity index (χ4v) is 4.24. The van der Waals surface area contributed by atoms with Gasteiger partial charge in [-0.2, -0.15) is 5.26 Å². The zero-order valence-corrected chi connectivity index (χ0v) is 11.9. The highest BCUT2D eigenvalue weighted by Crippen LogP contribution is 2.20. The Labute approximate surface area is 112 Å². The number of hydrogen-bond donors (Lipinski definition) is 0. The van der Waals surface area contributed by atoms with Crippen LogP contribution in [0.3, 0.4) is 0 Å². The largest absolute Gasteiger partial charge is 0.297 e. The molecule has 4 nitrogen and oxygen atoms in total. The van der Waals surface area contributed by atoms with Crippen molar-refractivity contribution in [3.63, 3.8) is 0 Å². The van der Waals surface area contributed by atoms with Crippen molar-refractivity contribution >= 4 is 21.2 Å². The van der Waals surface area contributed by atoms with Gasteiger partial charge in [0.25, 0.3) is 0 Å². The average Bonchev–Trinajstić information content (AvgIpc) is 2.74. The molecule has 0 bridgehead atoms. The minimum atomic E-state index is -2.91. The summed E-state index contributed by atoms with van der Waals surface area (Å²) in [6.45, 7) is 3.93. The van der Waals surface area contributed by atoms with Crippen LogP contribution in [0.4, 0.5) is 0 Å². The van der Waals surface area contributed by atoms with E-state index < -0.39 is 9.84 Å². The molecule has 2 rings (SSSR count). The first kappa shape index (κ1) is 13.5. The van der Waals surface area contributed by atoms with Crippen LogP contribution < -0.4 is 0 Å². The standard InChI is InChI=1S/C12H16N2O2S2/c1-10-4-5-14(6-7-18(10,15)16)9-12-3-2-11(8-13)17-12/h2-3,10H,4-7,9H2,1H3/t10-/m1/s1. The van der Waals surface area contributed by atoms with Gasteiger partial charge < -0.3 is 0 Å². The molecule has 0 aromatic carbocycles. The molecule has 18 heavy (non-hydrogen) atoms. The second-order valence-corrected chi connectivity index (χ2v) is 8.33. The number of sulfone groups is 1. The van der Waals surface area contributed by atoms with Crippen LogP contribution in [0.15, 0.2) is 12.1 Å². The number of thiophene rings is 1. The van der Waals surface area contributed by atoms with E-state index in [1.54, 1.807) is 6.92 Å². The molecule has 0 saturated carbocycles. The molecular formula is C12H16N2O2S2. The van der Waals surface area contributed by atoms with Gasteiger partial charge in [-0.15, -0.1) is 11.3 Å². The van der Waals surface area contributed by atoms with Gasteiger partial charge in [0.05, 0.1) is 11.0 Å². The zero-order valence-electron chi connectivity index (χ0n) is 10.3. The van der Waals surface area contributed by atoms with E-state index in [0.717, 1.165) is 18.0 Å². The lowest BCUT2D eigenvalue weighted by Crippen LogP contribution is -2.26. The maximum Gasteiger partial charge on any atom is 0.154 e. The molecule has 0 radical (unpaired) electrons. The van der Waals surface area contributed by atoms with E-state index in [1.807, 2.05) is 12.1 Å². The van der Waals surface area contributed by atoms with Crippen molar-refractivity contribution in [2.45, 2.75) is 25.1 Å². The molecule has 1 aliphatic rings. The molecule has 1 aromatic heterocycles. The Hall–Kier alpha value is -0.900. The summed E-state index contributed by atoms with van der Waals surface area (Å²) in [5.74, 6) is 0.241. The van der Waals surface area contributed by atoms with Gasteiger partial charge >= 0.3 is 0 Å². The Morgan fingerprint density at radius 3 is 2.94 bits per heavy atom. The fraction of sp³-hybridized carbons (Fsp3) is 0.583. The normalized spacial score (nSPS) is 24.3. The van der Waals surface area contributed by atoms with Crippen LogP contribution in [0.5, 0.6) is 0 Å². The van der Waals surface area contributed by atoms with Crippen LogP contribution in [0.2, 0.25) is 0 Å². The smallest absolute Gasteiger partial charge is 0.154 e. The summed E-state index contributed by atoms with van der Waals surface area (Å²) in [4.78, 5) is 3.99. The van der Waals surface area contributed by atoms with E-state index in [2.05, 4.69) is 11.0 Å². The first-order valence-electron chi connectivity index (χ1n) is 5.94. The van der Waals surface area contributed by atoms with Crippen molar-refractivity contribution in [3.8, 4) is 6.07 Å². The van der Waals surface area contributed by atoms with Crippen molar-refractivity contribution in [2.24, 2.45) is 0 Å². The average molecular weight is 284 g/mol. The van der Waals surface area contributed by atoms with Gasteiger partial charge in [-0.25, -0.2) is 8.42 Å². The highest BCUT2D eigenvalue weighted by Gasteiger charge is 2.26. The minimum absolute atomic E-state index is 0.236. The van der Waals surface area contributed by atoms with Crippen LogP contribution in [-0.4, -0.2) is 37.4 Å². The molecule has 1 aliphatic heterocycles. The molecular weight excluding hydrogens is 268 g/mol. The summed E-state index contributed by atoms with van der Waals surface area (Å²) in [7, 11) is -2.91. The molecule has 1 saturated heterocycles. The van der Waals surface area contributed by atoms with Gasteiger partial charge in [0.2, 0.25) is 0 Å². The third kappa shape index (κ3) is 3.10. The highest BCUT2D eigenvalue weighted by molar-refractivity contribution is 7.92. The van der Waals surface area contributed by atoms with Crippen LogP contribution in [0, 0.1) is 11.3 Å². The van der Waals surface area contributed by atoms with Crippen molar-refractivity contribution in [2.75, 3.05) is 18.8 Å². The molecule has 1 aromatic rings. The lowest BCUT2D eigenvalue weighted by Gasteiger charge is -2.17. The number of nitriles is 1. The highest BCUT2D eigenvalue weighted by atomic mass is 32.2. The number of nitrogens with zero attached hydrogens (tertiary/aromatic N) is 2. The van der Waals surface area contributed by atoms with Gasteiger partial charge in [-0.1, -0.05) is 0 Å². The first-order chi connectivity index (χ1) is 8.51. The van der Waals surface area contributed by atoms with E-state index in [1.165, 1.54) is 11.3 Å². The van der Waals surface area contributed by atoms with Crippen LogP contribution in [-0.2, 0) is 16.4 Å². The molecule has 0 unspecified atom stereocenters. The first-order valence-corrected chi connectivity index (χ1v) is 8.47. The van der Waals surface area contributed by atoms with Crippen molar-refractivity contribution in [1.29, 1.82) is 5.26 Å². The van der Waals surface area contributed by atoms with Crippen molar-refractivity contribution in [3.05, 3.63) is 21.9 Å². The van der Waals surface area contributed by atoms with E-state index in [4.69, 9.17) is 5.26 Å². The molecule has 98 valence electrons. The minimum Gasteiger partial charge on any atom is -0.297 e. The monoisotopic (exact) mass is 284 g/mol. The van der Waals surface area contributed by atoms with Crippen LogP contribution in [0.25, 0.3) is 0 Å². The number of hydrogen-bond acceptors (Lipinski definition) is 5. The Morgan fingerprint density at radius 1 is 1.50 bits per heavy atom. The fourth-order valence-electron chi connectivity index (χ4n) is 2.01. The van der Waals surface area contributed by atoms with E-state index >= 15 is 0 Å². The van der Waals surface area contributed by atoms with Gasteiger partial charge in [0, 0.05) is 18.0 Å². The third-order valence-electron chi connectivity index (χ3n) is 3.31. The summed E-state index contributed by atoms with van der Waals surface area (Å²) >= 11 is 1.48. The molecule has 1 atom stereocenters. The molecule has 0 aliphatic carbocycles. The summed E-state index contributed by atoms with van der Waals surface area (Å²) in [6.07, 6.45) is 0.693. The van der Waals surface area contributed by atoms with Gasteiger partial charge in [-0.3, -0.25) is 4.90 Å². The molecule has 2 heterocycles. The summed E-state index contributed by atoms with van der Waals surface area (Å²) in [5.41, 5.74) is 0. The van der Waals surface area contributed by atoms with Crippen LogP contribution >= 0.6 is 11.3 Å². The van der Waals surface area contributed by atoms with Gasteiger partial charge in [0.1, 0.15) is 10.9 Å². The van der Waals surface area contributed by atoms with Gasteiger partial charge in [-0.05, 0) is 32.0 Å². The molecule has 6 heteroatoms. The predicted octanol–water partition coefficient (Wildman–Crippen LogP) is 1.63. The zero-order chi connectivity index (χ0) is 13.2. The Balaban J connectivity index is 2.01. The van der Waals surface area contributed by atoms with Crippen molar-refractivity contribution < 1.29 is 8.42 Å². The van der Waals surface area contributed by atoms with Crippen molar-refractivity contribution in [1.82, 2.24) is 4.90 Å². The Bertz CT molecular complexity index is 557. The summed E-state index contributed by atoms with van der Waals surface area (Å²) in [6, 6.07) is 5.89. The Morgan fingerprint density at radius 2 is 2.28 bits per heavy atom. The number of rotatable bonds is 2. The second kappa shape index (κ2) is 5.39. The topological polar surface area (TPSA) is 61.2 Å². The lowest BCUT2D eigenvalue weighted by molar-refractivity contribution is 0.286. The summed E-state index contributed by atoms with van der Waals surface area (Å²) < 4.78 is 23.6. The third-order valence-corrected chi connectivity index (χ3v) is 6.50. The quantitative estimate of drug-likeness (QED) is 0.828. The van der Waals surface area contributed by atoms with Gasteiger partial charge in [0.15, 0.2) is 9.84 Å². The lowest BCUT2D eigenvalue weighted by atomic mass is 10.3. The van der Waals surface area contributed by atoms with E-state index in [9.17, 15) is 8.42 Å². The maximum atomic E-state index is 11.8. The summed E-state index contributed by atoms with van der Waals surface area (Å²) in [5, 5.41) is 8.54. The molecule has 0 N–H and O–H groups in total. The SMILES string of the molecule is C[C@@H]1CCN(Cc2ccc(C#N)s2)CCS1(=O)=O. The maximum absolute atomic E-state index is 11.8. The molecule has 0 spiro atoms. The second-order valence-electron chi connectivity index (χ2n) is 4.62. The Kier molecular flexibility index (Phi) is 4.05. The van der Waals surface area contributed by atoms with E-state index in [0.29, 0.717) is 17.8 Å². The molecule has 1 fully saturated rings. The molecule has 0 amide bonds. The predicted molar refractivity (Wildman–Crippen MR) is 72.2 cm³/mol.